The molecule has 1 aliphatic rings. The van der Waals surface area contributed by atoms with Crippen molar-refractivity contribution in [1.29, 1.82) is 0 Å². The predicted octanol–water partition coefficient (Wildman–Crippen LogP) is 2.53. The number of benzene rings is 1. The summed E-state index contributed by atoms with van der Waals surface area (Å²) in [4.78, 5) is 10.9. The Hall–Kier alpha value is -2.93. The third-order valence-electron chi connectivity index (χ3n) is 3.98. The zero-order valence-corrected chi connectivity index (χ0v) is 13.9. The molecular weight excluding hydrogens is 320 g/mol. The lowest BCUT2D eigenvalue weighted by Crippen LogP contribution is -2.21. The molecule has 0 aliphatic carbocycles. The van der Waals surface area contributed by atoms with Crippen molar-refractivity contribution in [3.8, 4) is 22.9 Å². The van der Waals surface area contributed by atoms with Crippen LogP contribution in [0.3, 0.4) is 0 Å². The highest BCUT2D eigenvalue weighted by molar-refractivity contribution is 5.61. The number of fused-ring (bicyclic) bond motifs is 1. The van der Waals surface area contributed by atoms with Gasteiger partial charge in [0, 0.05) is 30.4 Å². The fourth-order valence-electron chi connectivity index (χ4n) is 2.63. The Morgan fingerprint density at radius 3 is 2.92 bits per heavy atom. The van der Waals surface area contributed by atoms with Gasteiger partial charge in [0.15, 0.2) is 11.5 Å². The molecule has 0 unspecified atom stereocenters. The van der Waals surface area contributed by atoms with Crippen LogP contribution in [0.2, 0.25) is 0 Å². The Morgan fingerprint density at radius 1 is 1.12 bits per heavy atom. The van der Waals surface area contributed by atoms with Gasteiger partial charge in [-0.1, -0.05) is 11.2 Å². The van der Waals surface area contributed by atoms with Gasteiger partial charge in [0.2, 0.25) is 18.5 Å². The summed E-state index contributed by atoms with van der Waals surface area (Å²) in [7, 11) is 2.02. The van der Waals surface area contributed by atoms with Crippen LogP contribution in [-0.2, 0) is 13.0 Å². The van der Waals surface area contributed by atoms with Crippen LogP contribution in [-0.4, -0.2) is 40.4 Å². The number of likely N-dealkylation sites (N-methyl/N-ethyl adjacent to an activating group) is 1. The highest BCUT2D eigenvalue weighted by Crippen LogP contribution is 2.35. The normalized spacial score (nSPS) is 12.7. The summed E-state index contributed by atoms with van der Waals surface area (Å²) >= 11 is 0. The van der Waals surface area contributed by atoms with Crippen molar-refractivity contribution in [3.05, 3.63) is 54.2 Å². The monoisotopic (exact) mass is 338 g/mol. The predicted molar refractivity (Wildman–Crippen MR) is 90.1 cm³/mol. The largest absolute Gasteiger partial charge is 0.454 e. The second kappa shape index (κ2) is 6.90. The van der Waals surface area contributed by atoms with Gasteiger partial charge in [0.05, 0.1) is 6.54 Å². The Bertz CT molecular complexity index is 851. The van der Waals surface area contributed by atoms with E-state index in [2.05, 4.69) is 20.0 Å². The second-order valence-electron chi connectivity index (χ2n) is 5.89. The lowest BCUT2D eigenvalue weighted by atomic mass is 10.2. The summed E-state index contributed by atoms with van der Waals surface area (Å²) in [5, 5.41) is 4.06. The number of ether oxygens (including phenoxy) is 2. The molecule has 4 rings (SSSR count). The van der Waals surface area contributed by atoms with Crippen molar-refractivity contribution in [2.45, 2.75) is 13.0 Å². The first-order chi connectivity index (χ1) is 12.3. The molecule has 25 heavy (non-hydrogen) atoms. The van der Waals surface area contributed by atoms with Crippen molar-refractivity contribution < 1.29 is 14.0 Å². The Balaban J connectivity index is 1.38. The maximum atomic E-state index is 5.38. The molecule has 7 heteroatoms. The van der Waals surface area contributed by atoms with Crippen LogP contribution < -0.4 is 9.47 Å². The van der Waals surface area contributed by atoms with Gasteiger partial charge in [-0.25, -0.2) is 0 Å². The summed E-state index contributed by atoms with van der Waals surface area (Å²) in [5.74, 6) is 2.57. The molecule has 0 atom stereocenters. The maximum Gasteiger partial charge on any atom is 0.241 e. The molecule has 0 bridgehead atoms. The first-order valence-corrected chi connectivity index (χ1v) is 8.09. The second-order valence-corrected chi connectivity index (χ2v) is 5.89. The molecule has 3 aromatic rings. The fourth-order valence-corrected chi connectivity index (χ4v) is 2.63. The lowest BCUT2D eigenvalue weighted by molar-refractivity contribution is 0.174. The number of aromatic nitrogens is 3. The van der Waals surface area contributed by atoms with Gasteiger partial charge < -0.3 is 14.0 Å². The van der Waals surface area contributed by atoms with E-state index in [1.807, 2.05) is 49.6 Å². The third-order valence-corrected chi connectivity index (χ3v) is 3.98. The Kier molecular flexibility index (Phi) is 4.30. The molecule has 2 aromatic heterocycles. The summed E-state index contributed by atoms with van der Waals surface area (Å²) in [6.45, 7) is 1.69. The molecule has 7 nitrogen and oxygen atoms in total. The lowest BCUT2D eigenvalue weighted by Gasteiger charge is -2.13. The third kappa shape index (κ3) is 3.61. The molecule has 0 saturated heterocycles. The Morgan fingerprint density at radius 2 is 2.04 bits per heavy atom. The number of hydrogen-bond acceptors (Lipinski definition) is 7. The maximum absolute atomic E-state index is 5.38. The smallest absolute Gasteiger partial charge is 0.241 e. The van der Waals surface area contributed by atoms with Crippen molar-refractivity contribution in [2.24, 2.45) is 0 Å². The van der Waals surface area contributed by atoms with Gasteiger partial charge in [-0.2, -0.15) is 4.98 Å². The molecule has 1 aliphatic heterocycles. The van der Waals surface area contributed by atoms with Crippen LogP contribution in [0.25, 0.3) is 11.4 Å². The van der Waals surface area contributed by atoms with E-state index in [1.165, 1.54) is 0 Å². The molecule has 0 radical (unpaired) electrons. The molecule has 128 valence electrons. The highest BCUT2D eigenvalue weighted by atomic mass is 16.7. The fraction of sp³-hybridized carbons (Fsp3) is 0.278. The van der Waals surface area contributed by atoms with Gasteiger partial charge in [0.1, 0.15) is 0 Å². The van der Waals surface area contributed by atoms with E-state index in [0.717, 1.165) is 30.0 Å². The summed E-state index contributed by atoms with van der Waals surface area (Å²) in [6, 6.07) is 11.6. The number of pyridine rings is 1. The van der Waals surface area contributed by atoms with Gasteiger partial charge >= 0.3 is 0 Å². The molecule has 3 heterocycles. The first-order valence-electron chi connectivity index (χ1n) is 8.09. The van der Waals surface area contributed by atoms with E-state index in [4.69, 9.17) is 14.0 Å². The van der Waals surface area contributed by atoms with Gasteiger partial charge in [-0.15, -0.1) is 0 Å². The van der Waals surface area contributed by atoms with Crippen LogP contribution in [0.5, 0.6) is 11.5 Å². The van der Waals surface area contributed by atoms with E-state index in [9.17, 15) is 0 Å². The van der Waals surface area contributed by atoms with Crippen LogP contribution in [0.4, 0.5) is 0 Å². The minimum atomic E-state index is 0.247. The minimum Gasteiger partial charge on any atom is -0.454 e. The molecule has 0 amide bonds. The summed E-state index contributed by atoms with van der Waals surface area (Å²) in [6.07, 6.45) is 2.69. The quantitative estimate of drug-likeness (QED) is 0.684. The van der Waals surface area contributed by atoms with E-state index in [1.54, 1.807) is 0 Å². The van der Waals surface area contributed by atoms with Crippen molar-refractivity contribution in [3.63, 3.8) is 0 Å². The van der Waals surface area contributed by atoms with Crippen molar-refractivity contribution in [2.75, 3.05) is 20.4 Å². The van der Waals surface area contributed by atoms with E-state index < -0.39 is 0 Å². The summed E-state index contributed by atoms with van der Waals surface area (Å²) in [5.41, 5.74) is 1.91. The SMILES string of the molecule is CN(CCc1ccccn1)Cc1nc(-c2ccc3c(c2)OCO3)no1. The number of rotatable bonds is 6. The number of hydrogen-bond donors (Lipinski definition) is 0. The molecule has 0 spiro atoms. The minimum absolute atomic E-state index is 0.247. The average molecular weight is 338 g/mol. The van der Waals surface area contributed by atoms with E-state index in [-0.39, 0.29) is 6.79 Å². The van der Waals surface area contributed by atoms with Crippen molar-refractivity contribution in [1.82, 2.24) is 20.0 Å². The zero-order valence-electron chi connectivity index (χ0n) is 13.9. The highest BCUT2D eigenvalue weighted by Gasteiger charge is 2.17. The topological polar surface area (TPSA) is 73.5 Å². The first kappa shape index (κ1) is 15.6. The van der Waals surface area contributed by atoms with Gasteiger partial charge in [-0.3, -0.25) is 9.88 Å². The molecule has 0 fully saturated rings. The van der Waals surface area contributed by atoms with Crippen LogP contribution in [0.1, 0.15) is 11.6 Å². The molecule has 0 saturated carbocycles. The summed E-state index contributed by atoms with van der Waals surface area (Å²) < 4.78 is 16.1. The average Bonchev–Trinajstić information content (AvgIpc) is 3.29. The van der Waals surface area contributed by atoms with Crippen LogP contribution >= 0.6 is 0 Å². The molecule has 0 N–H and O–H groups in total. The van der Waals surface area contributed by atoms with E-state index in [0.29, 0.717) is 24.0 Å². The van der Waals surface area contributed by atoms with Crippen LogP contribution in [0, 0.1) is 0 Å². The van der Waals surface area contributed by atoms with Gasteiger partial charge in [-0.05, 0) is 37.4 Å². The molecular formula is C18H18N4O3. The number of nitrogens with zero attached hydrogens (tertiary/aromatic N) is 4. The van der Waals surface area contributed by atoms with E-state index >= 15 is 0 Å². The molecule has 1 aromatic carbocycles. The standard InChI is InChI=1S/C18H18N4O3/c1-22(9-7-14-4-2-3-8-19-14)11-17-20-18(21-25-17)13-5-6-15-16(10-13)24-12-23-15/h2-6,8,10H,7,9,11-12H2,1H3. The van der Waals surface area contributed by atoms with Gasteiger partial charge in [0.25, 0.3) is 0 Å². The van der Waals surface area contributed by atoms with Crippen molar-refractivity contribution >= 4 is 0 Å². The zero-order chi connectivity index (χ0) is 17.1. The Labute approximate surface area is 145 Å². The van der Waals surface area contributed by atoms with Crippen LogP contribution in [0.15, 0.2) is 47.1 Å².